The second-order valence-corrected chi connectivity index (χ2v) is 10.7. The van der Waals surface area contributed by atoms with E-state index in [0.29, 0.717) is 41.1 Å². The predicted molar refractivity (Wildman–Crippen MR) is 174 cm³/mol. The Hall–Kier alpha value is -5.88. The van der Waals surface area contributed by atoms with Gasteiger partial charge in [0.15, 0.2) is 17.3 Å². The normalized spacial score (nSPS) is 12.3. The van der Waals surface area contributed by atoms with Crippen molar-refractivity contribution in [2.24, 2.45) is 4.99 Å². The number of rotatable bonds is 10. The van der Waals surface area contributed by atoms with E-state index in [4.69, 9.17) is 24.2 Å². The number of amidine groups is 1. The maximum atomic E-state index is 9.60. The smallest absolute Gasteiger partial charge is 0.226 e. The van der Waals surface area contributed by atoms with Crippen LogP contribution in [0, 0.1) is 11.3 Å². The molecule has 0 bridgehead atoms. The Kier molecular flexibility index (Phi) is 8.56. The van der Waals surface area contributed by atoms with Crippen LogP contribution in [0.2, 0.25) is 0 Å². The summed E-state index contributed by atoms with van der Waals surface area (Å²) in [5, 5.41) is 9.60. The van der Waals surface area contributed by atoms with Gasteiger partial charge >= 0.3 is 0 Å². The van der Waals surface area contributed by atoms with E-state index in [0.717, 1.165) is 41.3 Å². The number of nitrogens with zero attached hydrogens (tertiary/aromatic N) is 6. The van der Waals surface area contributed by atoms with Crippen LogP contribution in [-0.4, -0.2) is 54.9 Å². The number of ether oxygens (including phenoxy) is 3. The van der Waals surface area contributed by atoms with Crippen LogP contribution in [0.4, 0.5) is 5.69 Å². The largest absolute Gasteiger partial charge is 0.485 e. The molecule has 4 aromatic carbocycles. The average Bonchev–Trinajstić information content (AvgIpc) is 3.50. The average molecular weight is 597 g/mol. The summed E-state index contributed by atoms with van der Waals surface area (Å²) in [6, 6.07) is 34.4. The van der Waals surface area contributed by atoms with E-state index in [2.05, 4.69) is 16.0 Å². The summed E-state index contributed by atoms with van der Waals surface area (Å²) in [5.74, 6) is 3.32. The van der Waals surface area contributed by atoms with Crippen LogP contribution in [0.25, 0.3) is 11.4 Å². The van der Waals surface area contributed by atoms with Crippen LogP contribution >= 0.6 is 0 Å². The molecule has 0 fully saturated rings. The first-order chi connectivity index (χ1) is 21.9. The maximum absolute atomic E-state index is 9.60. The molecule has 1 aliphatic rings. The Balaban J connectivity index is 1.35. The molecule has 9 heteroatoms. The molecule has 1 aromatic heterocycles. The molecular formula is C36H32N6O3. The Labute approximate surface area is 262 Å². The molecule has 224 valence electrons. The molecule has 0 saturated heterocycles. The van der Waals surface area contributed by atoms with Crippen LogP contribution < -0.4 is 19.1 Å². The Morgan fingerprint density at radius 2 is 1.58 bits per heavy atom. The summed E-state index contributed by atoms with van der Waals surface area (Å²) in [6.07, 6.45) is 0. The van der Waals surface area contributed by atoms with Gasteiger partial charge in [-0.1, -0.05) is 42.5 Å². The van der Waals surface area contributed by atoms with Gasteiger partial charge in [-0.2, -0.15) is 15.2 Å². The van der Waals surface area contributed by atoms with Crippen LogP contribution in [0.5, 0.6) is 29.0 Å². The van der Waals surface area contributed by atoms with Gasteiger partial charge in [0.05, 0.1) is 24.2 Å². The summed E-state index contributed by atoms with van der Waals surface area (Å²) < 4.78 is 18.7. The highest BCUT2D eigenvalue weighted by molar-refractivity contribution is 5.99. The molecule has 2 heterocycles. The fraction of sp³-hybridized carbons (Fsp3) is 0.167. The summed E-state index contributed by atoms with van der Waals surface area (Å²) in [5.41, 5.74) is 4.24. The van der Waals surface area contributed by atoms with Crippen molar-refractivity contribution < 1.29 is 14.2 Å². The zero-order valence-corrected chi connectivity index (χ0v) is 25.3. The number of hydrogen-bond acceptors (Lipinski definition) is 9. The second-order valence-electron chi connectivity index (χ2n) is 10.7. The van der Waals surface area contributed by atoms with Gasteiger partial charge in [0, 0.05) is 50.6 Å². The molecule has 0 atom stereocenters. The molecule has 5 aromatic rings. The van der Waals surface area contributed by atoms with Crippen molar-refractivity contribution in [1.82, 2.24) is 14.9 Å². The number of aliphatic imine (C=N–C) groups is 1. The number of hydrogen-bond donors (Lipinski definition) is 0. The number of anilines is 1. The SMILES string of the molecule is CN1CCN=C1c1cccc(Oc2cc(Oc3cc(C#N)ccc3OCc3ccccc3)nc(-c3ccc(N(C)C)cc3)n2)c1. The third-order valence-electron chi connectivity index (χ3n) is 7.22. The lowest BCUT2D eigenvalue weighted by Crippen LogP contribution is -2.23. The van der Waals surface area contributed by atoms with Crippen LogP contribution in [0.3, 0.4) is 0 Å². The minimum atomic E-state index is 0.238. The fourth-order valence-electron chi connectivity index (χ4n) is 4.83. The third-order valence-corrected chi connectivity index (χ3v) is 7.22. The lowest BCUT2D eigenvalue weighted by Gasteiger charge is -2.16. The van der Waals surface area contributed by atoms with Crippen molar-refractivity contribution >= 4 is 11.5 Å². The Morgan fingerprint density at radius 3 is 2.29 bits per heavy atom. The van der Waals surface area contributed by atoms with E-state index in [9.17, 15) is 5.26 Å². The monoisotopic (exact) mass is 596 g/mol. The van der Waals surface area contributed by atoms with E-state index >= 15 is 0 Å². The molecule has 6 rings (SSSR count). The molecule has 0 saturated carbocycles. The summed E-state index contributed by atoms with van der Waals surface area (Å²) in [6.45, 7) is 1.98. The van der Waals surface area contributed by atoms with Gasteiger partial charge in [-0.25, -0.2) is 0 Å². The summed E-state index contributed by atoms with van der Waals surface area (Å²) in [4.78, 5) is 18.2. The van der Waals surface area contributed by atoms with Crippen LogP contribution in [0.1, 0.15) is 16.7 Å². The van der Waals surface area contributed by atoms with E-state index < -0.39 is 0 Å². The molecule has 0 N–H and O–H groups in total. The van der Waals surface area contributed by atoms with Crippen molar-refractivity contribution in [2.45, 2.75) is 6.61 Å². The highest BCUT2D eigenvalue weighted by Gasteiger charge is 2.17. The first-order valence-corrected chi connectivity index (χ1v) is 14.5. The molecular weight excluding hydrogens is 564 g/mol. The zero-order valence-electron chi connectivity index (χ0n) is 25.3. The standard InChI is InChI=1S/C36H32N6O3/c1-41(2)29-15-13-27(14-16-29)35-39-33(44-30-11-7-10-28(21-30)36-38-18-19-42(36)3)22-34(40-35)45-32-20-26(23-37)12-17-31(32)43-24-25-8-5-4-6-9-25/h4-17,20-22H,18-19,24H2,1-3H3. The predicted octanol–water partition coefficient (Wildman–Crippen LogP) is 6.94. The number of aromatic nitrogens is 2. The second kappa shape index (κ2) is 13.2. The van der Waals surface area contributed by atoms with Gasteiger partial charge in [0.25, 0.3) is 0 Å². The van der Waals surface area contributed by atoms with E-state index in [1.54, 1.807) is 24.3 Å². The highest BCUT2D eigenvalue weighted by Crippen LogP contribution is 2.35. The molecule has 0 radical (unpaired) electrons. The van der Waals surface area contributed by atoms with Crippen molar-refractivity contribution in [1.29, 1.82) is 5.26 Å². The Morgan fingerprint density at radius 1 is 0.800 bits per heavy atom. The minimum absolute atomic E-state index is 0.238. The molecule has 0 spiro atoms. The summed E-state index contributed by atoms with van der Waals surface area (Å²) >= 11 is 0. The van der Waals surface area contributed by atoms with Gasteiger partial charge in [-0.05, 0) is 54.1 Å². The van der Waals surface area contributed by atoms with Crippen molar-refractivity contribution in [3.05, 3.63) is 120 Å². The van der Waals surface area contributed by atoms with E-state index in [-0.39, 0.29) is 5.88 Å². The van der Waals surface area contributed by atoms with Gasteiger partial charge in [-0.3, -0.25) is 4.99 Å². The van der Waals surface area contributed by atoms with E-state index in [1.165, 1.54) is 0 Å². The lowest BCUT2D eigenvalue weighted by molar-refractivity contribution is 0.290. The van der Waals surface area contributed by atoms with Crippen molar-refractivity contribution in [3.8, 4) is 46.5 Å². The van der Waals surface area contributed by atoms with Crippen molar-refractivity contribution in [3.63, 3.8) is 0 Å². The first kappa shape index (κ1) is 29.2. The molecule has 1 aliphatic heterocycles. The molecule has 0 unspecified atom stereocenters. The fourth-order valence-corrected chi connectivity index (χ4v) is 4.83. The maximum Gasteiger partial charge on any atom is 0.226 e. The third kappa shape index (κ3) is 7.03. The lowest BCUT2D eigenvalue weighted by atomic mass is 10.2. The quantitative estimate of drug-likeness (QED) is 0.171. The Bertz CT molecular complexity index is 1870. The molecule has 0 amide bonds. The van der Waals surface area contributed by atoms with Gasteiger partial charge < -0.3 is 24.0 Å². The molecule has 0 aliphatic carbocycles. The van der Waals surface area contributed by atoms with Crippen LogP contribution in [-0.2, 0) is 6.61 Å². The first-order valence-electron chi connectivity index (χ1n) is 14.5. The molecule has 9 nitrogen and oxygen atoms in total. The van der Waals surface area contributed by atoms with E-state index in [1.807, 2.05) is 105 Å². The zero-order chi connectivity index (χ0) is 31.2. The number of likely N-dealkylation sites (N-methyl/N-ethyl adjacent to an activating group) is 1. The van der Waals surface area contributed by atoms with Gasteiger partial charge in [-0.15, -0.1) is 0 Å². The summed E-state index contributed by atoms with van der Waals surface area (Å²) in [7, 11) is 6.00. The van der Waals surface area contributed by atoms with Gasteiger partial charge in [0.2, 0.25) is 11.8 Å². The number of nitriles is 1. The van der Waals surface area contributed by atoms with Crippen molar-refractivity contribution in [2.75, 3.05) is 39.1 Å². The highest BCUT2D eigenvalue weighted by atomic mass is 16.5. The molecule has 45 heavy (non-hydrogen) atoms. The van der Waals surface area contributed by atoms with Crippen LogP contribution in [0.15, 0.2) is 108 Å². The minimum Gasteiger partial charge on any atom is -0.485 e. The number of benzene rings is 4. The van der Waals surface area contributed by atoms with Gasteiger partial charge in [0.1, 0.15) is 18.2 Å². The topological polar surface area (TPSA) is 96.1 Å².